The molecule has 1 fully saturated rings. The van der Waals surface area contributed by atoms with Crippen molar-refractivity contribution in [3.8, 4) is 0 Å². The van der Waals surface area contributed by atoms with Crippen molar-refractivity contribution < 1.29 is 4.74 Å². The van der Waals surface area contributed by atoms with Crippen LogP contribution < -0.4 is 10.6 Å². The number of hydrogen-bond donors (Lipinski definition) is 2. The molecule has 0 aromatic heterocycles. The fraction of sp³-hybridized carbons (Fsp3) is 0.562. The molecule has 0 bridgehead atoms. The van der Waals surface area contributed by atoms with Crippen LogP contribution in [0.1, 0.15) is 12.8 Å². The number of nitrogens with zero attached hydrogens (tertiary/aromatic N) is 1. The molecule has 0 heterocycles. The van der Waals surface area contributed by atoms with Gasteiger partial charge in [0.25, 0.3) is 0 Å². The Kier molecular flexibility index (Phi) is 11.1. The van der Waals surface area contributed by atoms with Crippen LogP contribution in [0.4, 0.5) is 0 Å². The standard InChI is InChI=1S/C16H24ClN3OS.HI/c1-18-16(19-8-10-21-12-13-2-3-13)20-9-11-22-15-6-4-14(17)5-7-15;/h4-7,13H,2-3,8-12H2,1H3,(H2,18,19,20);1H. The van der Waals surface area contributed by atoms with Gasteiger partial charge in [0.05, 0.1) is 6.61 Å². The number of rotatable bonds is 9. The van der Waals surface area contributed by atoms with E-state index in [1.165, 1.54) is 17.7 Å². The SMILES string of the molecule is CN=C(NCCOCC1CC1)NCCSc1ccc(Cl)cc1.I. The van der Waals surface area contributed by atoms with Crippen LogP contribution in [-0.4, -0.2) is 45.1 Å². The van der Waals surface area contributed by atoms with Gasteiger partial charge in [0.2, 0.25) is 0 Å². The van der Waals surface area contributed by atoms with Gasteiger partial charge in [-0.25, -0.2) is 0 Å². The number of benzene rings is 1. The minimum atomic E-state index is 0. The Hall–Kier alpha value is -0.180. The van der Waals surface area contributed by atoms with E-state index >= 15 is 0 Å². The summed E-state index contributed by atoms with van der Waals surface area (Å²) in [5.41, 5.74) is 0. The molecule has 0 atom stereocenters. The molecule has 1 aliphatic rings. The Morgan fingerprint density at radius 2 is 1.96 bits per heavy atom. The van der Waals surface area contributed by atoms with Gasteiger partial charge in [0, 0.05) is 42.4 Å². The lowest BCUT2D eigenvalue weighted by atomic mass is 10.4. The molecule has 2 rings (SSSR count). The summed E-state index contributed by atoms with van der Waals surface area (Å²) < 4.78 is 5.59. The number of ether oxygens (including phenoxy) is 1. The molecule has 23 heavy (non-hydrogen) atoms. The summed E-state index contributed by atoms with van der Waals surface area (Å²) in [5.74, 6) is 2.62. The van der Waals surface area contributed by atoms with E-state index in [0.717, 1.165) is 49.0 Å². The molecule has 4 nitrogen and oxygen atoms in total. The number of hydrogen-bond acceptors (Lipinski definition) is 3. The molecule has 2 N–H and O–H groups in total. The van der Waals surface area contributed by atoms with Gasteiger partial charge >= 0.3 is 0 Å². The van der Waals surface area contributed by atoms with Crippen LogP contribution in [0.2, 0.25) is 5.02 Å². The molecule has 0 radical (unpaired) electrons. The van der Waals surface area contributed by atoms with Crippen molar-refractivity contribution in [3.05, 3.63) is 29.3 Å². The molecule has 0 amide bonds. The summed E-state index contributed by atoms with van der Waals surface area (Å²) in [6.45, 7) is 3.29. The molecule has 0 aliphatic heterocycles. The molecule has 0 spiro atoms. The first-order chi connectivity index (χ1) is 10.8. The van der Waals surface area contributed by atoms with E-state index in [9.17, 15) is 0 Å². The normalized spacial score (nSPS) is 14.3. The summed E-state index contributed by atoms with van der Waals surface area (Å²) >= 11 is 7.66. The summed E-state index contributed by atoms with van der Waals surface area (Å²) in [6, 6.07) is 7.91. The molecule has 0 unspecified atom stereocenters. The topological polar surface area (TPSA) is 45.7 Å². The van der Waals surface area contributed by atoms with Gasteiger partial charge in [-0.2, -0.15) is 0 Å². The quantitative estimate of drug-likeness (QED) is 0.191. The molecular formula is C16H25ClIN3OS. The van der Waals surface area contributed by atoms with Crippen molar-refractivity contribution in [1.82, 2.24) is 10.6 Å². The van der Waals surface area contributed by atoms with Gasteiger partial charge in [-0.15, -0.1) is 35.7 Å². The highest BCUT2D eigenvalue weighted by Crippen LogP contribution is 2.28. The zero-order valence-electron chi connectivity index (χ0n) is 13.4. The van der Waals surface area contributed by atoms with Gasteiger partial charge in [-0.05, 0) is 43.0 Å². The van der Waals surface area contributed by atoms with Crippen LogP contribution in [-0.2, 0) is 4.74 Å². The third-order valence-corrected chi connectivity index (χ3v) is 4.56. The number of nitrogens with one attached hydrogen (secondary N) is 2. The molecule has 1 saturated carbocycles. The first-order valence-corrected chi connectivity index (χ1v) is 9.05. The third kappa shape index (κ3) is 9.64. The largest absolute Gasteiger partial charge is 0.379 e. The Bertz CT molecular complexity index is 469. The number of halogens is 2. The lowest BCUT2D eigenvalue weighted by Crippen LogP contribution is -2.39. The summed E-state index contributed by atoms with van der Waals surface area (Å²) in [6.07, 6.45) is 2.67. The van der Waals surface area contributed by atoms with Crippen molar-refractivity contribution in [1.29, 1.82) is 0 Å². The molecule has 1 aliphatic carbocycles. The smallest absolute Gasteiger partial charge is 0.191 e. The molecular weight excluding hydrogens is 445 g/mol. The highest BCUT2D eigenvalue weighted by molar-refractivity contribution is 14.0. The van der Waals surface area contributed by atoms with Crippen LogP contribution in [0.15, 0.2) is 34.2 Å². The Morgan fingerprint density at radius 3 is 2.61 bits per heavy atom. The Morgan fingerprint density at radius 1 is 1.26 bits per heavy atom. The van der Waals surface area contributed by atoms with Crippen molar-refractivity contribution in [3.63, 3.8) is 0 Å². The third-order valence-electron chi connectivity index (χ3n) is 3.29. The van der Waals surface area contributed by atoms with Gasteiger partial charge in [-0.1, -0.05) is 11.6 Å². The minimum absolute atomic E-state index is 0. The van der Waals surface area contributed by atoms with Crippen LogP contribution >= 0.6 is 47.3 Å². The van der Waals surface area contributed by atoms with Crippen molar-refractivity contribution in [2.75, 3.05) is 39.1 Å². The van der Waals surface area contributed by atoms with Gasteiger partial charge in [0.1, 0.15) is 0 Å². The van der Waals surface area contributed by atoms with Gasteiger partial charge < -0.3 is 15.4 Å². The highest BCUT2D eigenvalue weighted by Gasteiger charge is 2.20. The second kappa shape index (κ2) is 12.2. The second-order valence-electron chi connectivity index (χ2n) is 5.25. The van der Waals surface area contributed by atoms with E-state index in [4.69, 9.17) is 16.3 Å². The molecule has 1 aromatic carbocycles. The molecule has 0 saturated heterocycles. The zero-order valence-corrected chi connectivity index (χ0v) is 17.3. The van der Waals surface area contributed by atoms with Crippen molar-refractivity contribution in [2.45, 2.75) is 17.7 Å². The minimum Gasteiger partial charge on any atom is -0.379 e. The lowest BCUT2D eigenvalue weighted by molar-refractivity contribution is 0.129. The maximum atomic E-state index is 5.87. The van der Waals surface area contributed by atoms with Crippen LogP contribution in [0.5, 0.6) is 0 Å². The number of thioether (sulfide) groups is 1. The second-order valence-corrected chi connectivity index (χ2v) is 6.85. The average Bonchev–Trinajstić information content (AvgIpc) is 3.35. The zero-order chi connectivity index (χ0) is 15.6. The summed E-state index contributed by atoms with van der Waals surface area (Å²) in [4.78, 5) is 5.43. The summed E-state index contributed by atoms with van der Waals surface area (Å²) in [5, 5.41) is 7.33. The maximum absolute atomic E-state index is 5.87. The molecule has 130 valence electrons. The first kappa shape index (κ1) is 20.9. The fourth-order valence-electron chi connectivity index (χ4n) is 1.87. The van der Waals surface area contributed by atoms with Gasteiger partial charge in [-0.3, -0.25) is 4.99 Å². The predicted molar refractivity (Wildman–Crippen MR) is 110 cm³/mol. The number of aliphatic imine (C=N–C) groups is 1. The van der Waals surface area contributed by atoms with E-state index in [0.29, 0.717) is 0 Å². The van der Waals surface area contributed by atoms with E-state index in [2.05, 4.69) is 15.6 Å². The fourth-order valence-corrected chi connectivity index (χ4v) is 2.76. The molecule has 7 heteroatoms. The Labute approximate surface area is 165 Å². The van der Waals surface area contributed by atoms with Crippen LogP contribution in [0.25, 0.3) is 0 Å². The van der Waals surface area contributed by atoms with E-state index < -0.39 is 0 Å². The predicted octanol–water partition coefficient (Wildman–Crippen LogP) is 3.64. The van der Waals surface area contributed by atoms with E-state index in [1.54, 1.807) is 18.8 Å². The summed E-state index contributed by atoms with van der Waals surface area (Å²) in [7, 11) is 1.78. The van der Waals surface area contributed by atoms with Crippen molar-refractivity contribution in [2.24, 2.45) is 10.9 Å². The van der Waals surface area contributed by atoms with E-state index in [-0.39, 0.29) is 24.0 Å². The highest BCUT2D eigenvalue weighted by atomic mass is 127. The molecule has 1 aromatic rings. The number of guanidine groups is 1. The van der Waals surface area contributed by atoms with Crippen LogP contribution in [0, 0.1) is 5.92 Å². The lowest BCUT2D eigenvalue weighted by Gasteiger charge is -2.12. The maximum Gasteiger partial charge on any atom is 0.191 e. The monoisotopic (exact) mass is 469 g/mol. The van der Waals surface area contributed by atoms with Crippen molar-refractivity contribution >= 4 is 53.3 Å². The average molecular weight is 470 g/mol. The first-order valence-electron chi connectivity index (χ1n) is 7.68. The van der Waals surface area contributed by atoms with E-state index in [1.807, 2.05) is 24.3 Å². The van der Waals surface area contributed by atoms with Crippen LogP contribution in [0.3, 0.4) is 0 Å². The van der Waals surface area contributed by atoms with Gasteiger partial charge in [0.15, 0.2) is 5.96 Å². The Balaban J connectivity index is 0.00000264.